The van der Waals surface area contributed by atoms with Gasteiger partial charge in [-0.25, -0.2) is 0 Å². The first-order valence-electron chi connectivity index (χ1n) is 4.29. The van der Waals surface area contributed by atoms with Gasteiger partial charge in [0, 0.05) is 8.22 Å². The molecule has 0 spiro atoms. The van der Waals surface area contributed by atoms with E-state index in [0.717, 1.165) is 0 Å². The van der Waals surface area contributed by atoms with Crippen molar-refractivity contribution in [1.82, 2.24) is 0 Å². The van der Waals surface area contributed by atoms with Gasteiger partial charge < -0.3 is 5.11 Å². The third-order valence-electron chi connectivity index (χ3n) is 0.247. The Kier molecular flexibility index (Phi) is 0.299. The summed E-state index contributed by atoms with van der Waals surface area (Å²) in [4.78, 5) is 10.3. The van der Waals surface area contributed by atoms with E-state index in [1.807, 2.05) is 0 Å². The maximum atomic E-state index is 10.3. The molecule has 2 heteroatoms. The molecule has 6 heavy (non-hydrogen) atoms. The number of rotatable bonds is 1. The lowest BCUT2D eigenvalue weighted by atomic mass is 10.2. The lowest BCUT2D eigenvalue weighted by molar-refractivity contribution is -0.140. The monoisotopic (exact) mass is 94.1 g/mol. The van der Waals surface area contributed by atoms with Crippen LogP contribution in [0.3, 0.4) is 0 Å². The molecule has 0 aromatic rings. The molecule has 36 valence electrons. The van der Waals surface area contributed by atoms with Crippen molar-refractivity contribution in [1.29, 1.82) is 0 Å². The first-order chi connectivity index (χ1) is 5.07. The fourth-order valence-electron chi connectivity index (χ4n) is 0. The van der Waals surface area contributed by atoms with Gasteiger partial charge in [-0.2, -0.15) is 0 Å². The second kappa shape index (κ2) is 1.80. The van der Waals surface area contributed by atoms with Crippen LogP contribution in [0.2, 0.25) is 0 Å². The van der Waals surface area contributed by atoms with Gasteiger partial charge in [0.1, 0.15) is 0 Å². The first kappa shape index (κ1) is 0.997. The van der Waals surface area contributed by atoms with Gasteiger partial charge in [-0.15, -0.1) is 0 Å². The third kappa shape index (κ3) is 1.76. The number of carbonyl (C=O) groups is 1. The molecule has 1 N–H and O–H groups in total. The number of carboxylic acids is 1. The average molecular weight is 94.1 g/mol. The second-order valence-electron chi connectivity index (χ2n) is 0.771. The Balaban J connectivity index is 4.82. The molecule has 0 saturated carbocycles. The summed E-state index contributed by atoms with van der Waals surface area (Å²) in [7, 11) is 0. The molecule has 0 rings (SSSR count). The van der Waals surface area contributed by atoms with Gasteiger partial charge in [-0.3, -0.25) is 4.79 Å². The van der Waals surface area contributed by atoms with Crippen LogP contribution < -0.4 is 0 Å². The van der Waals surface area contributed by atoms with E-state index in [0.29, 0.717) is 0 Å². The molecule has 0 radical (unpaired) electrons. The Morgan fingerprint density at radius 2 is 2.50 bits per heavy atom. The zero-order valence-electron chi connectivity index (χ0n) is 8.93. The summed E-state index contributed by atoms with van der Waals surface area (Å²) in [6, 6.07) is 0. The molecule has 0 aromatic heterocycles. The van der Waals surface area contributed by atoms with E-state index in [-0.39, 0.29) is 0 Å². The number of hydrogen-bond donors (Lipinski definition) is 1. The maximum Gasteiger partial charge on any atom is 0.305 e. The maximum absolute atomic E-state index is 10.3. The summed E-state index contributed by atoms with van der Waals surface area (Å²) in [6.07, 6.45) is 0. The van der Waals surface area contributed by atoms with E-state index in [1.54, 1.807) is 0 Å². The van der Waals surface area contributed by atoms with Crippen molar-refractivity contribution < 1.29 is 18.1 Å². The number of hydrogen-bond acceptors (Lipinski definition) is 1. The van der Waals surface area contributed by atoms with E-state index in [1.165, 1.54) is 0 Å². The van der Waals surface area contributed by atoms with Crippen LogP contribution in [0, 0.1) is 5.92 Å². The van der Waals surface area contributed by atoms with Crippen molar-refractivity contribution in [3.05, 3.63) is 0 Å². The van der Waals surface area contributed by atoms with Crippen molar-refractivity contribution in [2.45, 2.75) is 13.7 Å². The number of carboxylic acid groups (broad SMARTS) is 1. The van der Waals surface area contributed by atoms with Crippen LogP contribution in [0.1, 0.15) is 21.9 Å². The molecule has 0 atom stereocenters. The number of aliphatic carboxylic acids is 1. The zero-order valence-corrected chi connectivity index (χ0v) is 2.93. The first-order valence-corrected chi connectivity index (χ1v) is 1.29. The van der Waals surface area contributed by atoms with E-state index in [9.17, 15) is 4.79 Å². The molecular formula is C4H8O2. The Labute approximate surface area is 45.2 Å². The van der Waals surface area contributed by atoms with Crippen LogP contribution in [0.5, 0.6) is 0 Å². The van der Waals surface area contributed by atoms with Crippen molar-refractivity contribution in [2.75, 3.05) is 0 Å². The van der Waals surface area contributed by atoms with Gasteiger partial charge in [0.15, 0.2) is 0 Å². The zero-order chi connectivity index (χ0) is 10.2. The summed E-state index contributed by atoms with van der Waals surface area (Å²) in [5, 5.41) is 8.32. The smallest absolute Gasteiger partial charge is 0.305 e. The van der Waals surface area contributed by atoms with Crippen LogP contribution >= 0.6 is 0 Å². The summed E-state index contributed by atoms with van der Waals surface area (Å²) in [5.74, 6) is -4.13. The van der Waals surface area contributed by atoms with Crippen molar-refractivity contribution in [2.24, 2.45) is 5.92 Å². The van der Waals surface area contributed by atoms with Gasteiger partial charge in [0.2, 0.25) is 0 Å². The standard InChI is InChI=1S/C4H8O2/c1-3(2)4(5)6/h3H,1-2H3,(H,5,6)/i1D3,2D3. The minimum absolute atomic E-state index is 1.82. The van der Waals surface area contributed by atoms with Crippen molar-refractivity contribution in [3.8, 4) is 0 Å². The van der Waals surface area contributed by atoms with E-state index >= 15 is 0 Å². The molecule has 0 aliphatic heterocycles. The summed E-state index contributed by atoms with van der Waals surface area (Å²) in [5.41, 5.74) is 0. The Hall–Kier alpha value is -0.530. The van der Waals surface area contributed by atoms with Gasteiger partial charge in [-0.05, 0) is 0 Å². The predicted octanol–water partition coefficient (Wildman–Crippen LogP) is 0.727. The topological polar surface area (TPSA) is 37.3 Å². The lowest BCUT2D eigenvalue weighted by Crippen LogP contribution is -2.03. The fourth-order valence-corrected chi connectivity index (χ4v) is 0. The highest BCUT2D eigenvalue weighted by molar-refractivity contribution is 5.68. The van der Waals surface area contributed by atoms with Crippen LogP contribution in [0.25, 0.3) is 0 Å². The Morgan fingerprint density at radius 3 is 2.50 bits per heavy atom. The highest BCUT2D eigenvalue weighted by atomic mass is 16.4. The minimum atomic E-state index is -2.99. The van der Waals surface area contributed by atoms with E-state index < -0.39 is 25.6 Å². The molecule has 0 unspecified atom stereocenters. The van der Waals surface area contributed by atoms with E-state index in [4.69, 9.17) is 13.3 Å². The van der Waals surface area contributed by atoms with Crippen LogP contribution in [-0.2, 0) is 4.79 Å². The molecular weight excluding hydrogens is 80.0 g/mol. The van der Waals surface area contributed by atoms with Gasteiger partial charge in [0.05, 0.1) is 5.92 Å². The second-order valence-corrected chi connectivity index (χ2v) is 0.771. The quantitative estimate of drug-likeness (QED) is 0.520. The molecule has 0 aliphatic rings. The average Bonchev–Trinajstić information content (AvgIpc) is 1.49. The Bertz CT molecular complexity index is 165. The molecule has 2 nitrogen and oxygen atoms in total. The van der Waals surface area contributed by atoms with Crippen LogP contribution in [0.15, 0.2) is 0 Å². The molecule has 0 aromatic carbocycles. The molecule has 0 bridgehead atoms. The van der Waals surface area contributed by atoms with Crippen molar-refractivity contribution in [3.63, 3.8) is 0 Å². The van der Waals surface area contributed by atoms with E-state index in [2.05, 4.69) is 0 Å². The van der Waals surface area contributed by atoms with Gasteiger partial charge >= 0.3 is 5.97 Å². The normalized spacial score (nSPS) is 28.2. The molecule has 0 amide bonds. The summed E-state index contributed by atoms with van der Waals surface area (Å²) in [6.45, 7) is -5.98. The van der Waals surface area contributed by atoms with Crippen LogP contribution in [-0.4, -0.2) is 11.1 Å². The molecule has 0 fully saturated rings. The van der Waals surface area contributed by atoms with Crippen molar-refractivity contribution >= 4 is 5.97 Å². The Morgan fingerprint density at radius 1 is 2.00 bits per heavy atom. The highest BCUT2D eigenvalue weighted by Gasteiger charge is 1.99. The van der Waals surface area contributed by atoms with Gasteiger partial charge in [-0.1, -0.05) is 13.7 Å². The molecule has 0 heterocycles. The predicted molar refractivity (Wildman–Crippen MR) is 22.5 cm³/mol. The molecule has 0 saturated heterocycles. The van der Waals surface area contributed by atoms with Gasteiger partial charge in [0.25, 0.3) is 0 Å². The lowest BCUT2D eigenvalue weighted by Gasteiger charge is -1.89. The largest absolute Gasteiger partial charge is 0.481 e. The third-order valence-corrected chi connectivity index (χ3v) is 0.247. The minimum Gasteiger partial charge on any atom is -0.481 e. The summed E-state index contributed by atoms with van der Waals surface area (Å²) >= 11 is 0. The summed E-state index contributed by atoms with van der Waals surface area (Å²) < 4.78 is 40.0. The SMILES string of the molecule is [2H]C([2H])([2H])C(C(=O)O)C([2H])([2H])[2H]. The fraction of sp³-hybridized carbons (Fsp3) is 0.750. The van der Waals surface area contributed by atoms with Crippen LogP contribution in [0.4, 0.5) is 0 Å². The highest BCUT2D eigenvalue weighted by Crippen LogP contribution is 1.87. The molecule has 0 aliphatic carbocycles.